The van der Waals surface area contributed by atoms with Crippen LogP contribution < -0.4 is 15.4 Å². The fourth-order valence-electron chi connectivity index (χ4n) is 3.00. The van der Waals surface area contributed by atoms with Crippen molar-refractivity contribution in [1.82, 2.24) is 19.9 Å². The van der Waals surface area contributed by atoms with Crippen LogP contribution in [0.5, 0.6) is 0 Å². The van der Waals surface area contributed by atoms with E-state index in [1.807, 2.05) is 0 Å². The molecule has 0 bridgehead atoms. The zero-order valence-corrected chi connectivity index (χ0v) is 16.4. The smallest absolute Gasteiger partial charge is 0.267 e. The molecule has 0 unspecified atom stereocenters. The Hall–Kier alpha value is -1.13. The molecule has 2 heterocycles. The maximum absolute atomic E-state index is 12.6. The molecule has 0 saturated carbocycles. The van der Waals surface area contributed by atoms with Gasteiger partial charge in [-0.05, 0) is 32.0 Å². The summed E-state index contributed by atoms with van der Waals surface area (Å²) in [7, 11) is 1.09. The highest BCUT2D eigenvalue weighted by molar-refractivity contribution is 7.89. The van der Waals surface area contributed by atoms with Gasteiger partial charge < -0.3 is 19.9 Å². The summed E-state index contributed by atoms with van der Waals surface area (Å²) in [5.41, 5.74) is 0.0946. The summed E-state index contributed by atoms with van der Waals surface area (Å²) in [5.74, 6) is -0.326. The third kappa shape index (κ3) is 5.18. The van der Waals surface area contributed by atoms with Gasteiger partial charge in [0.2, 0.25) is 10.0 Å². The summed E-state index contributed by atoms with van der Waals surface area (Å²) in [4.78, 5) is 11.8. The van der Waals surface area contributed by atoms with Crippen molar-refractivity contribution in [3.05, 3.63) is 18.0 Å². The number of methoxy groups -OCH3 is 1. The lowest BCUT2D eigenvalue weighted by Crippen LogP contribution is -2.47. The van der Waals surface area contributed by atoms with E-state index in [-0.39, 0.29) is 28.6 Å². The number of carbonyl (C=O) groups is 1. The Morgan fingerprint density at radius 1 is 1.40 bits per heavy atom. The number of nitrogens with one attached hydrogen (secondary N) is 3. The molecule has 1 saturated heterocycles. The molecular weight excluding hydrogens is 368 g/mol. The molecule has 0 aliphatic carbocycles. The number of aryl methyl sites for hydroxylation is 1. The Bertz CT molecular complexity index is 678. The maximum atomic E-state index is 12.6. The van der Waals surface area contributed by atoms with Gasteiger partial charge >= 0.3 is 0 Å². The topological polar surface area (TPSA) is 101 Å². The molecule has 144 valence electrons. The number of aromatic nitrogens is 1. The predicted octanol–water partition coefficient (Wildman–Crippen LogP) is 0.101. The normalized spacial score (nSPS) is 16.9. The number of piperidine rings is 1. The van der Waals surface area contributed by atoms with Crippen molar-refractivity contribution >= 4 is 28.3 Å². The van der Waals surface area contributed by atoms with Crippen LogP contribution in [0.4, 0.5) is 0 Å². The molecule has 10 heteroatoms. The highest BCUT2D eigenvalue weighted by atomic mass is 35.5. The molecule has 1 aromatic heterocycles. The van der Waals surface area contributed by atoms with Crippen molar-refractivity contribution < 1.29 is 17.9 Å². The van der Waals surface area contributed by atoms with E-state index in [2.05, 4.69) is 15.4 Å². The van der Waals surface area contributed by atoms with E-state index in [4.69, 9.17) is 4.74 Å². The van der Waals surface area contributed by atoms with Crippen LogP contribution in [0.15, 0.2) is 17.2 Å². The first-order valence-corrected chi connectivity index (χ1v) is 9.40. The summed E-state index contributed by atoms with van der Waals surface area (Å²) in [6.45, 7) is 2.51. The van der Waals surface area contributed by atoms with Crippen LogP contribution in [0.1, 0.15) is 23.3 Å². The van der Waals surface area contributed by atoms with Gasteiger partial charge in [-0.3, -0.25) is 4.79 Å². The second-order valence-electron chi connectivity index (χ2n) is 6.26. The standard InChI is InChI=1S/C15H26N4O4S.ClH/c1-16-14(20)13-8-12(9-19(13)2)24(21,22)18-10-15(11-23-3)4-6-17-7-5-15;/h8-9,17-18H,4-7,10-11H2,1-3H3,(H,16,20);1H. The molecule has 8 nitrogen and oxygen atoms in total. The molecule has 1 aliphatic rings. The second kappa shape index (κ2) is 9.00. The first-order valence-electron chi connectivity index (χ1n) is 7.91. The SMILES string of the molecule is CNC(=O)c1cc(S(=O)(=O)NCC2(COC)CCNCC2)cn1C.Cl. The van der Waals surface area contributed by atoms with Gasteiger partial charge in [0, 0.05) is 39.4 Å². The lowest BCUT2D eigenvalue weighted by Gasteiger charge is -2.37. The van der Waals surface area contributed by atoms with E-state index in [1.54, 1.807) is 14.2 Å². The first-order chi connectivity index (χ1) is 11.3. The molecule has 1 amide bonds. The Labute approximate surface area is 155 Å². The van der Waals surface area contributed by atoms with Crippen LogP contribution in [0.2, 0.25) is 0 Å². The molecule has 1 fully saturated rings. The molecule has 0 spiro atoms. The largest absolute Gasteiger partial charge is 0.384 e. The Balaban J connectivity index is 0.00000312. The fourth-order valence-corrected chi connectivity index (χ4v) is 4.23. The van der Waals surface area contributed by atoms with Gasteiger partial charge in [-0.2, -0.15) is 0 Å². The minimum absolute atomic E-state index is 0. The van der Waals surface area contributed by atoms with E-state index in [1.165, 1.54) is 23.9 Å². The molecule has 3 N–H and O–H groups in total. The van der Waals surface area contributed by atoms with Crippen molar-refractivity contribution in [3.63, 3.8) is 0 Å². The number of amides is 1. The third-order valence-electron chi connectivity index (χ3n) is 4.50. The van der Waals surface area contributed by atoms with Gasteiger partial charge in [-0.25, -0.2) is 13.1 Å². The summed E-state index contributed by atoms with van der Waals surface area (Å²) in [6, 6.07) is 1.38. The summed E-state index contributed by atoms with van der Waals surface area (Å²) >= 11 is 0. The molecule has 0 atom stereocenters. The van der Waals surface area contributed by atoms with Crippen LogP contribution in [-0.2, 0) is 21.8 Å². The Kier molecular flexibility index (Phi) is 7.88. The highest BCUT2D eigenvalue weighted by Crippen LogP contribution is 2.29. The van der Waals surface area contributed by atoms with Crippen LogP contribution in [0.25, 0.3) is 0 Å². The zero-order valence-electron chi connectivity index (χ0n) is 14.8. The molecular formula is C15H27ClN4O4S. The van der Waals surface area contributed by atoms with Crippen LogP contribution >= 0.6 is 12.4 Å². The second-order valence-corrected chi connectivity index (χ2v) is 8.03. The van der Waals surface area contributed by atoms with Gasteiger partial charge in [0.05, 0.1) is 6.61 Å². The van der Waals surface area contributed by atoms with Crippen LogP contribution in [-0.4, -0.2) is 59.3 Å². The van der Waals surface area contributed by atoms with Crippen molar-refractivity contribution in [2.24, 2.45) is 12.5 Å². The van der Waals surface area contributed by atoms with Gasteiger partial charge in [-0.1, -0.05) is 0 Å². The summed E-state index contributed by atoms with van der Waals surface area (Å²) in [6.07, 6.45) is 3.14. The average Bonchev–Trinajstić information content (AvgIpc) is 2.96. The minimum atomic E-state index is -3.69. The third-order valence-corrected chi connectivity index (χ3v) is 5.87. The molecule has 2 rings (SSSR count). The number of carbonyl (C=O) groups excluding carboxylic acids is 1. The molecule has 1 aromatic rings. The van der Waals surface area contributed by atoms with E-state index >= 15 is 0 Å². The minimum Gasteiger partial charge on any atom is -0.384 e. The summed E-state index contributed by atoms with van der Waals surface area (Å²) < 4.78 is 34.7. The molecule has 0 radical (unpaired) electrons. The van der Waals surface area contributed by atoms with Crippen molar-refractivity contribution in [2.45, 2.75) is 17.7 Å². The van der Waals surface area contributed by atoms with Crippen LogP contribution in [0.3, 0.4) is 0 Å². The van der Waals surface area contributed by atoms with Crippen molar-refractivity contribution in [1.29, 1.82) is 0 Å². The lowest BCUT2D eigenvalue weighted by molar-refractivity contribution is 0.0577. The molecule has 1 aliphatic heterocycles. The van der Waals surface area contributed by atoms with Crippen molar-refractivity contribution in [2.75, 3.05) is 40.4 Å². The van der Waals surface area contributed by atoms with E-state index < -0.39 is 10.0 Å². The van der Waals surface area contributed by atoms with Crippen LogP contribution in [0, 0.1) is 5.41 Å². The van der Waals surface area contributed by atoms with E-state index in [0.717, 1.165) is 25.9 Å². The van der Waals surface area contributed by atoms with Gasteiger partial charge in [0.25, 0.3) is 5.91 Å². The average molecular weight is 395 g/mol. The van der Waals surface area contributed by atoms with Gasteiger partial charge in [0.1, 0.15) is 10.6 Å². The Morgan fingerprint density at radius 2 is 2.04 bits per heavy atom. The number of sulfonamides is 1. The fraction of sp³-hybridized carbons (Fsp3) is 0.667. The zero-order chi connectivity index (χ0) is 17.8. The maximum Gasteiger partial charge on any atom is 0.267 e. The number of halogens is 1. The molecule has 25 heavy (non-hydrogen) atoms. The number of hydrogen-bond acceptors (Lipinski definition) is 5. The monoisotopic (exact) mass is 394 g/mol. The quantitative estimate of drug-likeness (QED) is 0.609. The molecule has 0 aromatic carbocycles. The summed E-state index contributed by atoms with van der Waals surface area (Å²) in [5, 5.41) is 5.77. The van der Waals surface area contributed by atoms with E-state index in [9.17, 15) is 13.2 Å². The first kappa shape index (κ1) is 21.9. The van der Waals surface area contributed by atoms with E-state index in [0.29, 0.717) is 18.8 Å². The number of rotatable bonds is 7. The Morgan fingerprint density at radius 3 is 2.60 bits per heavy atom. The lowest BCUT2D eigenvalue weighted by atomic mass is 9.80. The number of ether oxygens (including phenoxy) is 1. The predicted molar refractivity (Wildman–Crippen MR) is 97.7 cm³/mol. The van der Waals surface area contributed by atoms with Gasteiger partial charge in [0.15, 0.2) is 0 Å². The number of hydrogen-bond donors (Lipinski definition) is 3. The van der Waals surface area contributed by atoms with Gasteiger partial charge in [-0.15, -0.1) is 12.4 Å². The highest BCUT2D eigenvalue weighted by Gasteiger charge is 2.34. The van der Waals surface area contributed by atoms with Crippen molar-refractivity contribution in [3.8, 4) is 0 Å². The number of nitrogens with zero attached hydrogens (tertiary/aromatic N) is 1.